The Hall–Kier alpha value is -1.64. The molecule has 62 valence electrons. The average molecular weight is 165 g/mol. The molecule has 3 N–H and O–H groups in total. The van der Waals surface area contributed by atoms with E-state index < -0.39 is 12.0 Å². The summed E-state index contributed by atoms with van der Waals surface area (Å²) in [5, 5.41) is 8.60. The van der Waals surface area contributed by atoms with Crippen LogP contribution in [0.2, 0.25) is 0 Å². The lowest BCUT2D eigenvalue weighted by atomic mass is 9.96. The van der Waals surface area contributed by atoms with Crippen molar-refractivity contribution in [2.75, 3.05) is 0 Å². The zero-order valence-electron chi connectivity index (χ0n) is 6.15. The minimum Gasteiger partial charge on any atom is -0.478 e. The first-order valence-electron chi connectivity index (χ1n) is 3.29. The van der Waals surface area contributed by atoms with Gasteiger partial charge in [0.05, 0.1) is 17.2 Å². The van der Waals surface area contributed by atoms with Crippen LogP contribution in [0.5, 0.6) is 0 Å². The van der Waals surface area contributed by atoms with Gasteiger partial charge in [-0.3, -0.25) is 0 Å². The predicted molar refractivity (Wildman–Crippen MR) is 42.0 cm³/mol. The van der Waals surface area contributed by atoms with E-state index in [4.69, 9.17) is 10.8 Å². The van der Waals surface area contributed by atoms with E-state index in [0.29, 0.717) is 0 Å². The lowest BCUT2D eigenvalue weighted by Gasteiger charge is -2.13. The zero-order valence-corrected chi connectivity index (χ0v) is 6.15. The lowest BCUT2D eigenvalue weighted by Crippen LogP contribution is -2.30. The third-order valence-corrected chi connectivity index (χ3v) is 1.59. The van der Waals surface area contributed by atoms with Crippen LogP contribution in [0, 0.1) is 0 Å². The second-order valence-electron chi connectivity index (χ2n) is 2.32. The summed E-state index contributed by atoms with van der Waals surface area (Å²) in [5.74, 6) is 0.478. The van der Waals surface area contributed by atoms with Crippen molar-refractivity contribution in [3.05, 3.63) is 29.4 Å². The molecule has 0 spiro atoms. The number of carboxylic acid groups (broad SMARTS) is 1. The summed E-state index contributed by atoms with van der Waals surface area (Å²) in [7, 11) is 0. The first kappa shape index (κ1) is 8.46. The van der Waals surface area contributed by atoms with E-state index >= 15 is 0 Å². The van der Waals surface area contributed by atoms with Crippen LogP contribution in [0.25, 0.3) is 0 Å². The number of hydrogen-bond donors (Lipinski definition) is 2. The molecule has 1 unspecified atom stereocenters. The van der Waals surface area contributed by atoms with E-state index in [0.717, 1.165) is 0 Å². The molecule has 4 heteroatoms. The molecule has 12 heavy (non-hydrogen) atoms. The van der Waals surface area contributed by atoms with Crippen molar-refractivity contribution in [1.82, 2.24) is 0 Å². The number of rotatable bonds is 1. The Balaban J connectivity index is 3.06. The van der Waals surface area contributed by atoms with Crippen molar-refractivity contribution in [3.8, 4) is 0 Å². The fourth-order valence-corrected chi connectivity index (χ4v) is 0.932. The molecule has 0 saturated heterocycles. The standard InChI is InChI=1S/C8H7NO3/c9-7-5(4-10)2-1-3-6(7)8(11)12/h1-3,7H,9H2,(H,11,12). The third-order valence-electron chi connectivity index (χ3n) is 1.59. The Kier molecular flexibility index (Phi) is 2.24. The van der Waals surface area contributed by atoms with E-state index in [-0.39, 0.29) is 11.1 Å². The van der Waals surface area contributed by atoms with Gasteiger partial charge in [-0.05, 0) is 12.2 Å². The van der Waals surface area contributed by atoms with Gasteiger partial charge in [-0.25, -0.2) is 9.59 Å². The summed E-state index contributed by atoms with van der Waals surface area (Å²) in [6.07, 6.45) is 4.28. The number of carbonyl (C=O) groups is 1. The predicted octanol–water partition coefficient (Wildman–Crippen LogP) is -0.348. The van der Waals surface area contributed by atoms with Gasteiger partial charge in [0.25, 0.3) is 0 Å². The third kappa shape index (κ3) is 1.34. The molecule has 1 aliphatic rings. The van der Waals surface area contributed by atoms with Crippen LogP contribution in [-0.2, 0) is 9.59 Å². The molecule has 0 amide bonds. The van der Waals surface area contributed by atoms with E-state index in [1.54, 1.807) is 5.94 Å². The smallest absolute Gasteiger partial charge is 0.333 e. The number of aliphatic carboxylic acids is 1. The summed E-state index contributed by atoms with van der Waals surface area (Å²) in [6, 6.07) is -0.856. The molecular weight excluding hydrogens is 158 g/mol. The van der Waals surface area contributed by atoms with Crippen molar-refractivity contribution < 1.29 is 14.7 Å². The first-order valence-corrected chi connectivity index (χ1v) is 3.29. The van der Waals surface area contributed by atoms with Gasteiger partial charge in [-0.15, -0.1) is 0 Å². The van der Waals surface area contributed by atoms with Crippen LogP contribution in [0.4, 0.5) is 0 Å². The lowest BCUT2D eigenvalue weighted by molar-refractivity contribution is -0.132. The highest BCUT2D eigenvalue weighted by Crippen LogP contribution is 2.14. The van der Waals surface area contributed by atoms with Crippen LogP contribution in [-0.4, -0.2) is 23.1 Å². The molecule has 1 rings (SSSR count). The summed E-state index contributed by atoms with van der Waals surface area (Å²) < 4.78 is 0. The van der Waals surface area contributed by atoms with Crippen LogP contribution in [0.1, 0.15) is 0 Å². The summed E-state index contributed by atoms with van der Waals surface area (Å²) in [4.78, 5) is 20.7. The molecule has 0 aromatic heterocycles. The largest absolute Gasteiger partial charge is 0.478 e. The monoisotopic (exact) mass is 165 g/mol. The summed E-state index contributed by atoms with van der Waals surface area (Å²) in [5.41, 5.74) is 5.61. The molecule has 1 aliphatic carbocycles. The maximum Gasteiger partial charge on any atom is 0.333 e. The van der Waals surface area contributed by atoms with E-state index in [1.807, 2.05) is 0 Å². The van der Waals surface area contributed by atoms with E-state index in [9.17, 15) is 9.59 Å². The quantitative estimate of drug-likeness (QED) is 0.520. The molecule has 0 fully saturated rings. The maximum absolute atomic E-state index is 10.5. The number of carboxylic acids is 1. The van der Waals surface area contributed by atoms with Crippen molar-refractivity contribution in [2.24, 2.45) is 5.73 Å². The van der Waals surface area contributed by atoms with Gasteiger partial charge in [0.1, 0.15) is 5.94 Å². The molecule has 0 bridgehead atoms. The molecule has 4 nitrogen and oxygen atoms in total. The Morgan fingerprint density at radius 2 is 2.33 bits per heavy atom. The van der Waals surface area contributed by atoms with Gasteiger partial charge in [0.15, 0.2) is 0 Å². The second kappa shape index (κ2) is 3.17. The topological polar surface area (TPSA) is 80.4 Å². The molecule has 1 atom stereocenters. The minimum absolute atomic E-state index is 0.0100. The van der Waals surface area contributed by atoms with Gasteiger partial charge in [-0.2, -0.15) is 0 Å². The maximum atomic E-state index is 10.5. The Morgan fingerprint density at radius 3 is 2.83 bits per heavy atom. The normalized spacial score (nSPS) is 21.6. The van der Waals surface area contributed by atoms with Crippen molar-refractivity contribution in [1.29, 1.82) is 0 Å². The highest BCUT2D eigenvalue weighted by Gasteiger charge is 2.21. The van der Waals surface area contributed by atoms with Gasteiger partial charge >= 0.3 is 5.97 Å². The van der Waals surface area contributed by atoms with Crippen molar-refractivity contribution in [2.45, 2.75) is 6.04 Å². The SMILES string of the molecule is NC1C(=C=O)C=CC=C1C(=O)O. The fourth-order valence-electron chi connectivity index (χ4n) is 0.932. The molecular formula is C8H7NO3. The number of carbonyl (C=O) groups excluding carboxylic acids is 1. The molecule has 0 aliphatic heterocycles. The van der Waals surface area contributed by atoms with Crippen LogP contribution >= 0.6 is 0 Å². The summed E-state index contributed by atoms with van der Waals surface area (Å²) >= 11 is 0. The van der Waals surface area contributed by atoms with Gasteiger partial charge in [0, 0.05) is 0 Å². The van der Waals surface area contributed by atoms with E-state index in [1.165, 1.54) is 18.2 Å². The van der Waals surface area contributed by atoms with Gasteiger partial charge in [0.2, 0.25) is 0 Å². The average Bonchev–Trinajstić information content (AvgIpc) is 2.04. The van der Waals surface area contributed by atoms with Crippen LogP contribution in [0.15, 0.2) is 29.4 Å². The number of allylic oxidation sites excluding steroid dienone is 2. The van der Waals surface area contributed by atoms with Crippen LogP contribution in [0.3, 0.4) is 0 Å². The Morgan fingerprint density at radius 1 is 1.67 bits per heavy atom. The van der Waals surface area contributed by atoms with Gasteiger partial charge in [-0.1, -0.05) is 6.08 Å². The number of nitrogens with two attached hydrogens (primary N) is 1. The first-order chi connectivity index (χ1) is 5.66. The highest BCUT2D eigenvalue weighted by atomic mass is 16.4. The van der Waals surface area contributed by atoms with E-state index in [2.05, 4.69) is 0 Å². The van der Waals surface area contributed by atoms with Crippen molar-refractivity contribution >= 4 is 11.9 Å². The molecule has 0 saturated carbocycles. The Bertz CT molecular complexity index is 321. The fraction of sp³-hybridized carbons (Fsp3) is 0.125. The Labute approximate surface area is 68.7 Å². The summed E-state index contributed by atoms with van der Waals surface area (Å²) in [6.45, 7) is 0. The molecule has 0 aromatic carbocycles. The van der Waals surface area contributed by atoms with Crippen molar-refractivity contribution in [3.63, 3.8) is 0 Å². The molecule has 0 aromatic rings. The highest BCUT2D eigenvalue weighted by molar-refractivity contribution is 5.91. The van der Waals surface area contributed by atoms with Crippen LogP contribution < -0.4 is 5.73 Å². The zero-order chi connectivity index (χ0) is 9.14. The molecule has 0 radical (unpaired) electrons. The number of hydrogen-bond acceptors (Lipinski definition) is 3. The molecule has 0 heterocycles. The second-order valence-corrected chi connectivity index (χ2v) is 2.32. The minimum atomic E-state index is -1.11. The van der Waals surface area contributed by atoms with Gasteiger partial charge < -0.3 is 10.8 Å².